The molecule has 0 atom stereocenters. The second-order valence-corrected chi connectivity index (χ2v) is 9.37. The fourth-order valence-corrected chi connectivity index (χ4v) is 5.67. The molecule has 7 nitrogen and oxygen atoms in total. The third kappa shape index (κ3) is 4.33. The summed E-state index contributed by atoms with van der Waals surface area (Å²) < 4.78 is 28.5. The topological polar surface area (TPSA) is 84.3 Å². The molecule has 0 saturated carbocycles. The van der Waals surface area contributed by atoms with E-state index in [1.807, 2.05) is 34.7 Å². The first-order chi connectivity index (χ1) is 12.2. The third-order valence-corrected chi connectivity index (χ3v) is 8.00. The Balaban J connectivity index is 2.00. The minimum absolute atomic E-state index is 0.106. The maximum Gasteiger partial charge on any atom is 0.252 e. The molecule has 1 amide bonds. The Kier molecular flexibility index (Phi) is 6.59. The van der Waals surface area contributed by atoms with E-state index in [2.05, 4.69) is 10.4 Å². The maximum absolute atomic E-state index is 12.5. The van der Waals surface area contributed by atoms with Gasteiger partial charge in [-0.25, -0.2) is 8.42 Å². The van der Waals surface area contributed by atoms with Gasteiger partial charge in [-0.15, -0.1) is 11.3 Å². The van der Waals surface area contributed by atoms with E-state index in [4.69, 9.17) is 0 Å². The number of carbonyl (C=O) groups excluding carboxylic acids is 1. The standard InChI is InChI=1S/C17H26N4O3S2/c1-6-21(7-2)26(23,24)17-9-8-14(25-17)11-18-16(22)10-15-12(3)19-20(5)13(15)4/h8-9H,6-7,10-11H2,1-5H3,(H,18,22). The number of hydrogen-bond acceptors (Lipinski definition) is 5. The number of amides is 1. The van der Waals surface area contributed by atoms with Crippen molar-refractivity contribution in [3.05, 3.63) is 34.0 Å². The van der Waals surface area contributed by atoms with Gasteiger partial charge in [0, 0.05) is 36.3 Å². The highest BCUT2D eigenvalue weighted by Crippen LogP contribution is 2.24. The minimum atomic E-state index is -3.45. The summed E-state index contributed by atoms with van der Waals surface area (Å²) in [5, 5.41) is 7.17. The van der Waals surface area contributed by atoms with Crippen molar-refractivity contribution in [2.24, 2.45) is 7.05 Å². The highest BCUT2D eigenvalue weighted by Gasteiger charge is 2.23. The zero-order valence-electron chi connectivity index (χ0n) is 15.9. The van der Waals surface area contributed by atoms with Crippen LogP contribution in [0.2, 0.25) is 0 Å². The summed E-state index contributed by atoms with van der Waals surface area (Å²) >= 11 is 1.20. The molecule has 2 aromatic rings. The smallest absolute Gasteiger partial charge is 0.252 e. The van der Waals surface area contributed by atoms with Gasteiger partial charge in [-0.3, -0.25) is 9.48 Å². The molecule has 0 radical (unpaired) electrons. The lowest BCUT2D eigenvalue weighted by molar-refractivity contribution is -0.120. The summed E-state index contributed by atoms with van der Waals surface area (Å²) in [5.41, 5.74) is 2.76. The monoisotopic (exact) mass is 398 g/mol. The van der Waals surface area contributed by atoms with Crippen molar-refractivity contribution < 1.29 is 13.2 Å². The van der Waals surface area contributed by atoms with Crippen LogP contribution in [-0.2, 0) is 34.8 Å². The van der Waals surface area contributed by atoms with E-state index >= 15 is 0 Å². The molecule has 2 aromatic heterocycles. The lowest BCUT2D eigenvalue weighted by Crippen LogP contribution is -2.30. The Morgan fingerprint density at radius 3 is 2.46 bits per heavy atom. The molecule has 0 spiro atoms. The van der Waals surface area contributed by atoms with E-state index in [0.717, 1.165) is 21.8 Å². The number of rotatable bonds is 8. The SMILES string of the molecule is CCN(CC)S(=O)(=O)c1ccc(CNC(=O)Cc2c(C)nn(C)c2C)s1. The summed E-state index contributed by atoms with van der Waals surface area (Å²) in [7, 11) is -1.59. The van der Waals surface area contributed by atoms with E-state index < -0.39 is 10.0 Å². The molecule has 0 bridgehead atoms. The molecule has 144 valence electrons. The summed E-state index contributed by atoms with van der Waals surface area (Å²) in [6, 6.07) is 3.36. The fraction of sp³-hybridized carbons (Fsp3) is 0.529. The summed E-state index contributed by atoms with van der Waals surface area (Å²) in [6.07, 6.45) is 0.265. The van der Waals surface area contributed by atoms with Crippen LogP contribution in [0.4, 0.5) is 0 Å². The molecule has 0 fully saturated rings. The molecule has 9 heteroatoms. The van der Waals surface area contributed by atoms with E-state index in [0.29, 0.717) is 23.8 Å². The molecular formula is C17H26N4O3S2. The molecule has 0 saturated heterocycles. The quantitative estimate of drug-likeness (QED) is 0.737. The molecule has 2 heterocycles. The number of nitrogens with zero attached hydrogens (tertiary/aromatic N) is 3. The number of aromatic nitrogens is 2. The molecule has 0 aliphatic carbocycles. The number of hydrogen-bond donors (Lipinski definition) is 1. The van der Waals surface area contributed by atoms with Crippen LogP contribution in [0.25, 0.3) is 0 Å². The predicted molar refractivity (Wildman–Crippen MR) is 103 cm³/mol. The van der Waals surface area contributed by atoms with Crippen LogP contribution in [0.5, 0.6) is 0 Å². The lowest BCUT2D eigenvalue weighted by Gasteiger charge is -2.16. The van der Waals surface area contributed by atoms with Crippen LogP contribution in [-0.4, -0.2) is 41.5 Å². The Morgan fingerprint density at radius 2 is 1.92 bits per heavy atom. The fourth-order valence-electron chi connectivity index (χ4n) is 2.76. The molecule has 1 N–H and O–H groups in total. The Labute approximate surface area is 159 Å². The van der Waals surface area contributed by atoms with Crippen molar-refractivity contribution in [3.63, 3.8) is 0 Å². The van der Waals surface area contributed by atoms with Crippen molar-refractivity contribution in [1.82, 2.24) is 19.4 Å². The number of sulfonamides is 1. The summed E-state index contributed by atoms with van der Waals surface area (Å²) in [6.45, 7) is 8.65. The second kappa shape index (κ2) is 8.32. The van der Waals surface area contributed by atoms with Crippen LogP contribution in [0.1, 0.15) is 35.7 Å². The van der Waals surface area contributed by atoms with Crippen molar-refractivity contribution >= 4 is 27.3 Å². The van der Waals surface area contributed by atoms with Crippen LogP contribution in [0, 0.1) is 13.8 Å². The van der Waals surface area contributed by atoms with Gasteiger partial charge in [0.25, 0.3) is 10.0 Å². The van der Waals surface area contributed by atoms with Crippen molar-refractivity contribution in [1.29, 1.82) is 0 Å². The third-order valence-electron chi connectivity index (χ3n) is 4.39. The molecule has 0 aliphatic rings. The van der Waals surface area contributed by atoms with Gasteiger partial charge < -0.3 is 5.32 Å². The summed E-state index contributed by atoms with van der Waals surface area (Å²) in [4.78, 5) is 13.0. The largest absolute Gasteiger partial charge is 0.351 e. The van der Waals surface area contributed by atoms with Gasteiger partial charge >= 0.3 is 0 Å². The number of thiophene rings is 1. The molecule has 2 rings (SSSR count). The Hall–Kier alpha value is -1.71. The average Bonchev–Trinajstić information content (AvgIpc) is 3.15. The number of aryl methyl sites for hydroxylation is 2. The van der Waals surface area contributed by atoms with E-state index in [1.165, 1.54) is 15.6 Å². The van der Waals surface area contributed by atoms with Crippen LogP contribution in [0.15, 0.2) is 16.3 Å². The Morgan fingerprint density at radius 1 is 1.27 bits per heavy atom. The first-order valence-corrected chi connectivity index (χ1v) is 10.8. The maximum atomic E-state index is 12.5. The number of nitrogens with one attached hydrogen (secondary N) is 1. The van der Waals surface area contributed by atoms with Crippen molar-refractivity contribution in [3.8, 4) is 0 Å². The van der Waals surface area contributed by atoms with Gasteiger partial charge in [-0.05, 0) is 26.0 Å². The average molecular weight is 399 g/mol. The van der Waals surface area contributed by atoms with Crippen LogP contribution >= 0.6 is 11.3 Å². The van der Waals surface area contributed by atoms with Gasteiger partial charge in [0.2, 0.25) is 5.91 Å². The Bertz CT molecular complexity index is 880. The molecule has 0 aliphatic heterocycles. The highest BCUT2D eigenvalue weighted by molar-refractivity contribution is 7.91. The number of carbonyl (C=O) groups is 1. The first-order valence-electron chi connectivity index (χ1n) is 8.55. The minimum Gasteiger partial charge on any atom is -0.351 e. The molecule has 0 unspecified atom stereocenters. The van der Waals surface area contributed by atoms with Gasteiger partial charge in [-0.1, -0.05) is 13.8 Å². The van der Waals surface area contributed by atoms with Crippen LogP contribution in [0.3, 0.4) is 0 Å². The first kappa shape index (κ1) is 20.6. The lowest BCUT2D eigenvalue weighted by atomic mass is 10.1. The van der Waals surface area contributed by atoms with E-state index in [9.17, 15) is 13.2 Å². The zero-order chi connectivity index (χ0) is 19.5. The molecule has 0 aromatic carbocycles. The highest BCUT2D eigenvalue weighted by atomic mass is 32.2. The van der Waals surface area contributed by atoms with Gasteiger partial charge in [0.05, 0.1) is 18.7 Å². The molecule has 26 heavy (non-hydrogen) atoms. The van der Waals surface area contributed by atoms with Crippen LogP contribution < -0.4 is 5.32 Å². The van der Waals surface area contributed by atoms with E-state index in [1.54, 1.807) is 16.8 Å². The van der Waals surface area contributed by atoms with Gasteiger partial charge in [0.15, 0.2) is 0 Å². The predicted octanol–water partition coefficient (Wildman–Crippen LogP) is 1.99. The van der Waals surface area contributed by atoms with E-state index in [-0.39, 0.29) is 12.3 Å². The van der Waals surface area contributed by atoms with Crippen molar-refractivity contribution in [2.45, 2.75) is 44.9 Å². The second-order valence-electron chi connectivity index (χ2n) is 6.04. The molecular weight excluding hydrogens is 372 g/mol. The van der Waals surface area contributed by atoms with Gasteiger partial charge in [0.1, 0.15) is 4.21 Å². The van der Waals surface area contributed by atoms with Crippen molar-refractivity contribution in [2.75, 3.05) is 13.1 Å². The zero-order valence-corrected chi connectivity index (χ0v) is 17.5. The normalized spacial score (nSPS) is 11.9. The summed E-state index contributed by atoms with van der Waals surface area (Å²) in [5.74, 6) is -0.106. The van der Waals surface area contributed by atoms with Gasteiger partial charge in [-0.2, -0.15) is 9.40 Å².